The van der Waals surface area contributed by atoms with Crippen LogP contribution in [0.3, 0.4) is 0 Å². The van der Waals surface area contributed by atoms with Gasteiger partial charge in [0.15, 0.2) is 0 Å². The summed E-state index contributed by atoms with van der Waals surface area (Å²) < 4.78 is 24.3. The molecule has 0 fully saturated rings. The number of alkyl halides is 3. The molecule has 0 aliphatic heterocycles. The van der Waals surface area contributed by atoms with E-state index in [9.17, 15) is 8.78 Å². The molecular weight excluding hydrogens is 174 g/mol. The Bertz CT molecular complexity index is 113. The summed E-state index contributed by atoms with van der Waals surface area (Å²) in [4.78, 5) is 0. The van der Waals surface area contributed by atoms with Crippen LogP contribution in [0.4, 0.5) is 8.78 Å². The van der Waals surface area contributed by atoms with Crippen LogP contribution in [-0.4, -0.2) is 16.6 Å². The molecule has 0 aliphatic carbocycles. The lowest BCUT2D eigenvalue weighted by molar-refractivity contribution is -0.0508. The minimum absolute atomic E-state index is 0.0486. The van der Waals surface area contributed by atoms with Crippen molar-refractivity contribution in [2.45, 2.75) is 38.2 Å². The molecule has 0 aromatic rings. The molecule has 0 spiro atoms. The monoisotopic (exact) mass is 186 g/mol. The minimum atomic E-state index is -3.48. The molecule has 0 amide bonds. The second-order valence-corrected chi connectivity index (χ2v) is 3.31. The summed E-state index contributed by atoms with van der Waals surface area (Å²) in [7, 11) is 0. The molecule has 1 nitrogen and oxygen atoms in total. The fourth-order valence-electron chi connectivity index (χ4n) is 0.681. The fraction of sp³-hybridized carbons (Fsp3) is 1.00. The zero-order chi connectivity index (χ0) is 9.07. The largest absolute Gasteiger partial charge is 0.385 e. The van der Waals surface area contributed by atoms with E-state index in [1.54, 1.807) is 6.92 Å². The lowest BCUT2D eigenvalue weighted by Crippen LogP contribution is -2.28. The van der Waals surface area contributed by atoms with E-state index < -0.39 is 11.5 Å². The number of aliphatic hydroxyl groups is 1. The van der Waals surface area contributed by atoms with Crippen molar-refractivity contribution in [3.05, 3.63) is 0 Å². The van der Waals surface area contributed by atoms with Crippen LogP contribution in [0.5, 0.6) is 0 Å². The van der Waals surface area contributed by atoms with Gasteiger partial charge in [-0.25, -0.2) is 0 Å². The smallest absolute Gasteiger partial charge is 0.347 e. The first kappa shape index (κ1) is 11.1. The molecule has 0 aromatic carbocycles. The van der Waals surface area contributed by atoms with Crippen molar-refractivity contribution < 1.29 is 13.9 Å². The maximum absolute atomic E-state index is 12.1. The van der Waals surface area contributed by atoms with E-state index in [4.69, 9.17) is 5.11 Å². The zero-order valence-corrected chi connectivity index (χ0v) is 7.41. The molecule has 68 valence electrons. The van der Waals surface area contributed by atoms with Gasteiger partial charge in [0.2, 0.25) is 0 Å². The van der Waals surface area contributed by atoms with Gasteiger partial charge in [0.1, 0.15) is 6.10 Å². The third-order valence-electron chi connectivity index (χ3n) is 1.70. The molecule has 4 heteroatoms. The number of rotatable bonds is 4. The van der Waals surface area contributed by atoms with E-state index in [1.165, 1.54) is 0 Å². The van der Waals surface area contributed by atoms with Crippen LogP contribution in [0, 0.1) is 5.92 Å². The van der Waals surface area contributed by atoms with E-state index in [1.807, 2.05) is 6.92 Å². The van der Waals surface area contributed by atoms with Gasteiger partial charge < -0.3 is 5.11 Å². The van der Waals surface area contributed by atoms with Gasteiger partial charge in [0.05, 0.1) is 0 Å². The fourth-order valence-corrected chi connectivity index (χ4v) is 0.771. The first-order chi connectivity index (χ1) is 4.88. The topological polar surface area (TPSA) is 20.2 Å². The molecule has 0 saturated carbocycles. The van der Waals surface area contributed by atoms with Gasteiger partial charge >= 0.3 is 5.38 Å². The number of hydrogen-bond donors (Lipinski definition) is 1. The average Bonchev–Trinajstić information content (AvgIpc) is 1.85. The minimum Gasteiger partial charge on any atom is -0.385 e. The quantitative estimate of drug-likeness (QED) is 0.670. The van der Waals surface area contributed by atoms with Gasteiger partial charge in [0, 0.05) is 0 Å². The van der Waals surface area contributed by atoms with Crippen molar-refractivity contribution in [3.63, 3.8) is 0 Å². The molecule has 0 radical (unpaired) electrons. The van der Waals surface area contributed by atoms with E-state index in [0.717, 1.165) is 6.42 Å². The highest BCUT2D eigenvalue weighted by atomic mass is 35.5. The molecule has 2 atom stereocenters. The molecule has 0 bridgehead atoms. The molecule has 0 aromatic heterocycles. The van der Waals surface area contributed by atoms with Gasteiger partial charge in [-0.2, -0.15) is 8.78 Å². The van der Waals surface area contributed by atoms with Crippen molar-refractivity contribution in [3.8, 4) is 0 Å². The number of halogens is 3. The lowest BCUT2D eigenvalue weighted by atomic mass is 10.0. The molecule has 0 aliphatic rings. The third-order valence-corrected chi connectivity index (χ3v) is 1.95. The summed E-state index contributed by atoms with van der Waals surface area (Å²) in [5.74, 6) is 0.0784. The van der Waals surface area contributed by atoms with Crippen molar-refractivity contribution in [1.29, 1.82) is 0 Å². The summed E-state index contributed by atoms with van der Waals surface area (Å²) in [5.41, 5.74) is 0. The Balaban J connectivity index is 3.77. The summed E-state index contributed by atoms with van der Waals surface area (Å²) in [5, 5.41) is 5.32. The highest BCUT2D eigenvalue weighted by Gasteiger charge is 2.35. The summed E-state index contributed by atoms with van der Waals surface area (Å²) in [6.07, 6.45) is -0.907. The molecule has 11 heavy (non-hydrogen) atoms. The Hall–Kier alpha value is 0.110. The summed E-state index contributed by atoms with van der Waals surface area (Å²) in [6, 6.07) is 0. The molecule has 1 N–H and O–H groups in total. The summed E-state index contributed by atoms with van der Waals surface area (Å²) >= 11 is 4.60. The normalized spacial score (nSPS) is 18.0. The molecule has 0 rings (SSSR count). The lowest BCUT2D eigenvalue weighted by Gasteiger charge is -2.18. The van der Waals surface area contributed by atoms with Crippen LogP contribution in [0.2, 0.25) is 0 Å². The standard InChI is InChI=1S/C7H13ClF2O/c1-3-5(2)4-6(11)7(8,9)10/h5-6,11H,3-4H2,1-2H3. The van der Waals surface area contributed by atoms with Crippen molar-refractivity contribution in [1.82, 2.24) is 0 Å². The maximum Gasteiger partial charge on any atom is 0.347 e. The van der Waals surface area contributed by atoms with E-state index in [2.05, 4.69) is 11.6 Å². The highest BCUT2D eigenvalue weighted by molar-refractivity contribution is 6.22. The van der Waals surface area contributed by atoms with Crippen LogP contribution >= 0.6 is 11.6 Å². The van der Waals surface area contributed by atoms with Crippen molar-refractivity contribution >= 4 is 11.6 Å². The Morgan fingerprint density at radius 2 is 2.00 bits per heavy atom. The van der Waals surface area contributed by atoms with E-state index in [0.29, 0.717) is 0 Å². The summed E-state index contributed by atoms with van der Waals surface area (Å²) in [6.45, 7) is 3.68. The van der Waals surface area contributed by atoms with Gasteiger partial charge in [-0.1, -0.05) is 20.3 Å². The van der Waals surface area contributed by atoms with Gasteiger partial charge in [-0.15, -0.1) is 0 Å². The van der Waals surface area contributed by atoms with Crippen LogP contribution < -0.4 is 0 Å². The Morgan fingerprint density at radius 3 is 2.27 bits per heavy atom. The van der Waals surface area contributed by atoms with Gasteiger partial charge in [-0.3, -0.25) is 0 Å². The molecule has 0 heterocycles. The maximum atomic E-state index is 12.1. The SMILES string of the molecule is CCC(C)CC(O)C(F)(F)Cl. The molecule has 2 unspecified atom stereocenters. The predicted molar refractivity (Wildman–Crippen MR) is 40.9 cm³/mol. The van der Waals surface area contributed by atoms with Crippen LogP contribution in [0.1, 0.15) is 26.7 Å². The van der Waals surface area contributed by atoms with Crippen molar-refractivity contribution in [2.75, 3.05) is 0 Å². The Morgan fingerprint density at radius 1 is 1.55 bits per heavy atom. The zero-order valence-electron chi connectivity index (χ0n) is 6.65. The highest BCUT2D eigenvalue weighted by Crippen LogP contribution is 2.28. The Labute approximate surface area is 70.4 Å². The average molecular weight is 187 g/mol. The second-order valence-electron chi connectivity index (χ2n) is 2.81. The second kappa shape index (κ2) is 4.21. The molecule has 0 saturated heterocycles. The first-order valence-electron chi connectivity index (χ1n) is 3.62. The Kier molecular flexibility index (Phi) is 4.26. The number of hydrogen-bond acceptors (Lipinski definition) is 1. The van der Waals surface area contributed by atoms with Crippen LogP contribution in [0.25, 0.3) is 0 Å². The van der Waals surface area contributed by atoms with Crippen LogP contribution in [0.15, 0.2) is 0 Å². The first-order valence-corrected chi connectivity index (χ1v) is 4.00. The van der Waals surface area contributed by atoms with Crippen LogP contribution in [-0.2, 0) is 0 Å². The third kappa shape index (κ3) is 4.53. The van der Waals surface area contributed by atoms with Gasteiger partial charge in [-0.05, 0) is 23.9 Å². The van der Waals surface area contributed by atoms with Crippen molar-refractivity contribution in [2.24, 2.45) is 5.92 Å². The van der Waals surface area contributed by atoms with Gasteiger partial charge in [0.25, 0.3) is 0 Å². The number of aliphatic hydroxyl groups excluding tert-OH is 1. The van der Waals surface area contributed by atoms with E-state index in [-0.39, 0.29) is 12.3 Å². The molecular formula is C7H13ClF2O. The van der Waals surface area contributed by atoms with E-state index >= 15 is 0 Å². The predicted octanol–water partition coefficient (Wildman–Crippen LogP) is 2.62.